The summed E-state index contributed by atoms with van der Waals surface area (Å²) < 4.78 is 2.64. The average Bonchev–Trinajstić information content (AvgIpc) is 2.53. The Morgan fingerprint density at radius 3 is 2.59 bits per heavy atom. The van der Waals surface area contributed by atoms with Crippen LogP contribution in [-0.4, -0.2) is 21.6 Å². The first-order chi connectivity index (χ1) is 7.88. The maximum absolute atomic E-state index is 12.0. The van der Waals surface area contributed by atoms with Crippen LogP contribution in [0.5, 0.6) is 0 Å². The first-order valence-electron chi connectivity index (χ1n) is 5.84. The molecule has 0 aliphatic rings. The van der Waals surface area contributed by atoms with Crippen molar-refractivity contribution < 1.29 is 4.79 Å². The van der Waals surface area contributed by atoms with E-state index in [1.54, 1.807) is 4.68 Å². The van der Waals surface area contributed by atoms with Crippen LogP contribution < -0.4 is 5.73 Å². The van der Waals surface area contributed by atoms with Crippen molar-refractivity contribution in [2.75, 3.05) is 0 Å². The fourth-order valence-electron chi connectivity index (χ4n) is 1.73. The molecule has 17 heavy (non-hydrogen) atoms. The van der Waals surface area contributed by atoms with Gasteiger partial charge in [-0.05, 0) is 28.8 Å². The first kappa shape index (κ1) is 14.4. The Labute approximate surface area is 111 Å². The summed E-state index contributed by atoms with van der Waals surface area (Å²) in [5, 5.41) is 4.26. The maximum atomic E-state index is 12.0. The van der Waals surface area contributed by atoms with Crippen LogP contribution in [0.25, 0.3) is 0 Å². The molecular formula is C12H20BrN3O. The molecule has 2 unspecified atom stereocenters. The van der Waals surface area contributed by atoms with Gasteiger partial charge in [-0.25, -0.2) is 0 Å². The van der Waals surface area contributed by atoms with Crippen LogP contribution in [0.15, 0.2) is 4.47 Å². The molecule has 0 aliphatic carbocycles. The van der Waals surface area contributed by atoms with Gasteiger partial charge in [-0.1, -0.05) is 20.3 Å². The summed E-state index contributed by atoms with van der Waals surface area (Å²) >= 11 is 3.46. The van der Waals surface area contributed by atoms with Gasteiger partial charge in [-0.2, -0.15) is 5.10 Å². The molecular weight excluding hydrogens is 282 g/mol. The van der Waals surface area contributed by atoms with Crippen molar-refractivity contribution in [1.29, 1.82) is 0 Å². The molecule has 1 rings (SSSR count). The van der Waals surface area contributed by atoms with Gasteiger partial charge in [0.1, 0.15) is 0 Å². The van der Waals surface area contributed by atoms with E-state index in [0.29, 0.717) is 6.42 Å². The molecule has 0 aromatic carbocycles. The molecule has 0 bridgehead atoms. The van der Waals surface area contributed by atoms with Crippen LogP contribution in [0.2, 0.25) is 0 Å². The predicted molar refractivity (Wildman–Crippen MR) is 71.8 cm³/mol. The summed E-state index contributed by atoms with van der Waals surface area (Å²) in [5.41, 5.74) is 7.72. The van der Waals surface area contributed by atoms with Crippen molar-refractivity contribution in [2.24, 2.45) is 18.7 Å². The number of nitrogens with two attached hydrogens (primary N) is 1. The monoisotopic (exact) mass is 301 g/mol. The van der Waals surface area contributed by atoms with Crippen molar-refractivity contribution in [3.05, 3.63) is 15.9 Å². The quantitative estimate of drug-likeness (QED) is 0.904. The zero-order valence-corrected chi connectivity index (χ0v) is 12.4. The molecule has 2 atom stereocenters. The third-order valence-corrected chi connectivity index (χ3v) is 4.26. The Bertz CT molecular complexity index is 414. The second-order valence-electron chi connectivity index (χ2n) is 4.52. The van der Waals surface area contributed by atoms with E-state index in [2.05, 4.69) is 21.0 Å². The van der Waals surface area contributed by atoms with Gasteiger partial charge in [0, 0.05) is 7.05 Å². The van der Waals surface area contributed by atoms with Gasteiger partial charge in [0.25, 0.3) is 0 Å². The first-order valence-corrected chi connectivity index (χ1v) is 6.64. The lowest BCUT2D eigenvalue weighted by Crippen LogP contribution is -2.38. The molecule has 1 aromatic heterocycles. The second-order valence-corrected chi connectivity index (χ2v) is 5.32. The number of rotatable bonds is 5. The van der Waals surface area contributed by atoms with Crippen LogP contribution in [0.3, 0.4) is 0 Å². The highest BCUT2D eigenvalue weighted by molar-refractivity contribution is 9.10. The molecule has 0 spiro atoms. The van der Waals surface area contributed by atoms with Crippen molar-refractivity contribution >= 4 is 21.7 Å². The fourth-order valence-corrected chi connectivity index (χ4v) is 2.20. The molecule has 0 radical (unpaired) electrons. The van der Waals surface area contributed by atoms with Gasteiger partial charge in [-0.15, -0.1) is 0 Å². The van der Waals surface area contributed by atoms with Gasteiger partial charge in [-0.3, -0.25) is 9.48 Å². The average molecular weight is 302 g/mol. The van der Waals surface area contributed by atoms with E-state index in [-0.39, 0.29) is 17.7 Å². The lowest BCUT2D eigenvalue weighted by Gasteiger charge is -2.16. The molecule has 2 N–H and O–H groups in total. The van der Waals surface area contributed by atoms with Crippen LogP contribution in [0.4, 0.5) is 0 Å². The Morgan fingerprint density at radius 1 is 1.59 bits per heavy atom. The number of aryl methyl sites for hydroxylation is 2. The summed E-state index contributed by atoms with van der Waals surface area (Å²) in [6.45, 7) is 5.96. The molecule has 4 nitrogen and oxygen atoms in total. The predicted octanol–water partition coefficient (Wildman–Crippen LogP) is 1.98. The lowest BCUT2D eigenvalue weighted by molar-refractivity contribution is -0.120. The lowest BCUT2D eigenvalue weighted by atomic mass is 9.94. The third-order valence-electron chi connectivity index (χ3n) is 3.23. The summed E-state index contributed by atoms with van der Waals surface area (Å²) in [4.78, 5) is 12.0. The Hall–Kier alpha value is -0.680. The zero-order chi connectivity index (χ0) is 13.2. The Morgan fingerprint density at radius 2 is 2.18 bits per heavy atom. The molecule has 96 valence electrons. The van der Waals surface area contributed by atoms with Crippen molar-refractivity contribution in [1.82, 2.24) is 9.78 Å². The highest BCUT2D eigenvalue weighted by Crippen LogP contribution is 2.21. The Kier molecular flexibility index (Phi) is 4.89. The van der Waals surface area contributed by atoms with E-state index in [9.17, 15) is 4.79 Å². The molecule has 5 heteroatoms. The molecule has 0 saturated carbocycles. The van der Waals surface area contributed by atoms with Crippen molar-refractivity contribution in [3.8, 4) is 0 Å². The topological polar surface area (TPSA) is 60.9 Å². The molecule has 0 saturated heterocycles. The largest absolute Gasteiger partial charge is 0.321 e. The van der Waals surface area contributed by atoms with Crippen molar-refractivity contribution in [3.63, 3.8) is 0 Å². The summed E-state index contributed by atoms with van der Waals surface area (Å²) in [6, 6.07) is -0.387. The van der Waals surface area contributed by atoms with Crippen LogP contribution in [-0.2, 0) is 18.3 Å². The van der Waals surface area contributed by atoms with Gasteiger partial charge < -0.3 is 5.73 Å². The van der Waals surface area contributed by atoms with Crippen LogP contribution >= 0.6 is 15.9 Å². The summed E-state index contributed by atoms with van der Waals surface area (Å²) in [7, 11) is 1.84. The normalized spacial score (nSPS) is 14.7. The van der Waals surface area contributed by atoms with Gasteiger partial charge in [0.05, 0.1) is 28.3 Å². The summed E-state index contributed by atoms with van der Waals surface area (Å²) in [6.07, 6.45) is 1.25. The second kappa shape index (κ2) is 5.78. The molecule has 1 aromatic rings. The Balaban J connectivity index is 2.81. The third kappa shape index (κ3) is 3.16. The van der Waals surface area contributed by atoms with E-state index < -0.39 is 0 Å². The summed E-state index contributed by atoms with van der Waals surface area (Å²) in [5.74, 6) is 0.290. The number of carbonyl (C=O) groups excluding carboxylic acids is 1. The standard InChI is InChI=1S/C12H20BrN3O/c1-5-7(2)12(14)10(17)6-9-11(13)8(3)15-16(9)4/h7,12H,5-6,14H2,1-4H3. The highest BCUT2D eigenvalue weighted by atomic mass is 79.9. The number of Topliss-reactive ketones (excluding diaryl/α,β-unsaturated/α-hetero) is 1. The number of hydrogen-bond acceptors (Lipinski definition) is 3. The smallest absolute Gasteiger partial charge is 0.155 e. The minimum atomic E-state index is -0.387. The van der Waals surface area contributed by atoms with Crippen LogP contribution in [0.1, 0.15) is 31.7 Å². The van der Waals surface area contributed by atoms with Gasteiger partial charge >= 0.3 is 0 Å². The zero-order valence-electron chi connectivity index (χ0n) is 10.8. The number of nitrogens with zero attached hydrogens (tertiary/aromatic N) is 2. The number of ketones is 1. The van der Waals surface area contributed by atoms with E-state index in [0.717, 1.165) is 22.3 Å². The number of halogens is 1. The van der Waals surface area contributed by atoms with E-state index in [1.807, 2.05) is 27.8 Å². The number of aromatic nitrogens is 2. The van der Waals surface area contributed by atoms with Crippen LogP contribution in [0, 0.1) is 12.8 Å². The minimum Gasteiger partial charge on any atom is -0.321 e. The van der Waals surface area contributed by atoms with Crippen molar-refractivity contribution in [2.45, 2.75) is 39.7 Å². The molecule has 1 heterocycles. The molecule has 0 amide bonds. The number of carbonyl (C=O) groups is 1. The van der Waals surface area contributed by atoms with E-state index >= 15 is 0 Å². The SMILES string of the molecule is CCC(C)C(N)C(=O)Cc1c(Br)c(C)nn1C. The fraction of sp³-hybridized carbons (Fsp3) is 0.667. The number of hydrogen-bond donors (Lipinski definition) is 1. The molecule has 0 aliphatic heterocycles. The minimum absolute atomic E-state index is 0.0723. The van der Waals surface area contributed by atoms with E-state index in [1.165, 1.54) is 0 Å². The maximum Gasteiger partial charge on any atom is 0.155 e. The van der Waals surface area contributed by atoms with Gasteiger partial charge in [0.2, 0.25) is 0 Å². The van der Waals surface area contributed by atoms with Gasteiger partial charge in [0.15, 0.2) is 5.78 Å². The highest BCUT2D eigenvalue weighted by Gasteiger charge is 2.22. The molecule has 0 fully saturated rings. The van der Waals surface area contributed by atoms with E-state index in [4.69, 9.17) is 5.73 Å².